The summed E-state index contributed by atoms with van der Waals surface area (Å²) in [4.78, 5) is 12.7. The molecule has 2 aromatic carbocycles. The van der Waals surface area contributed by atoms with Crippen LogP contribution in [0.15, 0.2) is 53.4 Å². The predicted octanol–water partition coefficient (Wildman–Crippen LogP) is 2.34. The summed E-state index contributed by atoms with van der Waals surface area (Å²) in [5.41, 5.74) is 2.12. The third-order valence-corrected chi connectivity index (χ3v) is 6.97. The molecule has 6 nitrogen and oxygen atoms in total. The summed E-state index contributed by atoms with van der Waals surface area (Å²) in [6.07, 6.45) is 2.65. The minimum absolute atomic E-state index is 0. The van der Waals surface area contributed by atoms with Crippen molar-refractivity contribution < 1.29 is 13.2 Å². The zero-order chi connectivity index (χ0) is 18.9. The summed E-state index contributed by atoms with van der Waals surface area (Å²) < 4.78 is 27.7. The van der Waals surface area contributed by atoms with Gasteiger partial charge in [0, 0.05) is 24.7 Å². The smallest absolute Gasteiger partial charge is 0.264 e. The number of halogens is 1. The molecular weight excluding hydrogens is 398 g/mol. The molecule has 0 aromatic heterocycles. The highest BCUT2D eigenvalue weighted by Gasteiger charge is 2.31. The van der Waals surface area contributed by atoms with Crippen LogP contribution in [-0.2, 0) is 16.4 Å². The van der Waals surface area contributed by atoms with Gasteiger partial charge in [0.15, 0.2) is 0 Å². The summed E-state index contributed by atoms with van der Waals surface area (Å²) in [6.45, 7) is 2.14. The summed E-state index contributed by atoms with van der Waals surface area (Å²) in [5.74, 6) is -0.234. The van der Waals surface area contributed by atoms with Gasteiger partial charge in [-0.3, -0.25) is 9.10 Å². The van der Waals surface area contributed by atoms with Crippen LogP contribution in [0, 0.1) is 0 Å². The van der Waals surface area contributed by atoms with E-state index in [1.54, 1.807) is 18.2 Å². The van der Waals surface area contributed by atoms with Gasteiger partial charge >= 0.3 is 0 Å². The van der Waals surface area contributed by atoms with Gasteiger partial charge < -0.3 is 10.6 Å². The fourth-order valence-corrected chi connectivity index (χ4v) is 5.28. The highest BCUT2D eigenvalue weighted by Crippen LogP contribution is 2.32. The van der Waals surface area contributed by atoms with E-state index in [2.05, 4.69) is 10.6 Å². The minimum atomic E-state index is -3.70. The van der Waals surface area contributed by atoms with Crippen LogP contribution in [0.4, 0.5) is 5.69 Å². The van der Waals surface area contributed by atoms with Crippen molar-refractivity contribution in [2.45, 2.75) is 30.2 Å². The lowest BCUT2D eigenvalue weighted by atomic mass is 10.1. The molecule has 0 saturated carbocycles. The molecule has 2 aliphatic heterocycles. The van der Waals surface area contributed by atoms with Crippen molar-refractivity contribution >= 4 is 34.0 Å². The Bertz CT molecular complexity index is 959. The van der Waals surface area contributed by atoms with E-state index in [4.69, 9.17) is 0 Å². The number of carbonyl (C=O) groups is 1. The van der Waals surface area contributed by atoms with Crippen LogP contribution in [0.1, 0.15) is 28.8 Å². The number of amides is 1. The van der Waals surface area contributed by atoms with Crippen molar-refractivity contribution in [3.8, 4) is 0 Å². The average molecular weight is 422 g/mol. The standard InChI is InChI=1S/C20H23N3O3S.ClH/c24-20(22-17-7-4-11-21-14-17)16-6-3-8-18(13-16)27(25,26)23-12-10-15-5-1-2-9-19(15)23;/h1-3,5-6,8-9,13,17,21H,4,7,10-12,14H2,(H,22,24);1H/t17-;/m0./s1. The highest BCUT2D eigenvalue weighted by molar-refractivity contribution is 7.92. The Morgan fingerprint density at radius 2 is 1.96 bits per heavy atom. The molecule has 0 radical (unpaired) electrons. The van der Waals surface area contributed by atoms with Gasteiger partial charge in [0.2, 0.25) is 0 Å². The van der Waals surface area contributed by atoms with Crippen molar-refractivity contribution in [2.75, 3.05) is 23.9 Å². The number of sulfonamides is 1. The van der Waals surface area contributed by atoms with Gasteiger partial charge in [-0.2, -0.15) is 0 Å². The first-order valence-corrected chi connectivity index (χ1v) is 10.7. The van der Waals surface area contributed by atoms with Crippen molar-refractivity contribution in [2.24, 2.45) is 0 Å². The monoisotopic (exact) mass is 421 g/mol. The van der Waals surface area contributed by atoms with Crippen LogP contribution in [-0.4, -0.2) is 40.0 Å². The lowest BCUT2D eigenvalue weighted by Crippen LogP contribution is -2.45. The van der Waals surface area contributed by atoms with Crippen LogP contribution in [0.2, 0.25) is 0 Å². The topological polar surface area (TPSA) is 78.5 Å². The summed E-state index contributed by atoms with van der Waals surface area (Å²) in [7, 11) is -3.70. The molecule has 2 N–H and O–H groups in total. The Morgan fingerprint density at radius 3 is 2.75 bits per heavy atom. The van der Waals surface area contributed by atoms with Crippen LogP contribution < -0.4 is 14.9 Å². The number of para-hydroxylation sites is 1. The Hall–Kier alpha value is -2.09. The molecule has 0 spiro atoms. The quantitative estimate of drug-likeness (QED) is 0.794. The van der Waals surface area contributed by atoms with E-state index < -0.39 is 10.0 Å². The van der Waals surface area contributed by atoms with Gasteiger partial charge in [0.05, 0.1) is 10.6 Å². The lowest BCUT2D eigenvalue weighted by molar-refractivity contribution is 0.0930. The molecule has 1 fully saturated rings. The number of hydrogen-bond acceptors (Lipinski definition) is 4. The van der Waals surface area contributed by atoms with E-state index in [0.717, 1.165) is 37.2 Å². The van der Waals surface area contributed by atoms with Gasteiger partial charge in [-0.25, -0.2) is 8.42 Å². The fourth-order valence-electron chi connectivity index (χ4n) is 3.73. The highest BCUT2D eigenvalue weighted by atomic mass is 35.5. The maximum atomic E-state index is 13.1. The van der Waals surface area contributed by atoms with E-state index in [0.29, 0.717) is 18.5 Å². The molecule has 8 heteroatoms. The number of anilines is 1. The fraction of sp³-hybridized carbons (Fsp3) is 0.350. The van der Waals surface area contributed by atoms with E-state index in [9.17, 15) is 13.2 Å². The molecule has 1 amide bonds. The molecule has 0 unspecified atom stereocenters. The predicted molar refractivity (Wildman–Crippen MR) is 112 cm³/mol. The molecule has 1 atom stereocenters. The van der Waals surface area contributed by atoms with Crippen molar-refractivity contribution in [3.05, 3.63) is 59.7 Å². The molecule has 4 rings (SSSR count). The van der Waals surface area contributed by atoms with Crippen LogP contribution in [0.5, 0.6) is 0 Å². The number of nitrogens with zero attached hydrogens (tertiary/aromatic N) is 1. The van der Waals surface area contributed by atoms with Gasteiger partial charge in [0.1, 0.15) is 0 Å². The molecule has 0 aliphatic carbocycles. The number of rotatable bonds is 4. The van der Waals surface area contributed by atoms with E-state index in [1.165, 1.54) is 10.4 Å². The molecule has 28 heavy (non-hydrogen) atoms. The molecule has 2 heterocycles. The second-order valence-electron chi connectivity index (χ2n) is 7.00. The van der Waals surface area contributed by atoms with Crippen molar-refractivity contribution in [1.82, 2.24) is 10.6 Å². The molecular formula is C20H24ClN3O3S. The van der Waals surface area contributed by atoms with Crippen LogP contribution >= 0.6 is 12.4 Å². The van der Waals surface area contributed by atoms with Crippen LogP contribution in [0.25, 0.3) is 0 Å². The number of hydrogen-bond donors (Lipinski definition) is 2. The Kier molecular flexibility index (Phi) is 6.27. The average Bonchev–Trinajstić information content (AvgIpc) is 3.14. The number of piperidine rings is 1. The number of carbonyl (C=O) groups excluding carboxylic acids is 1. The molecule has 2 aromatic rings. The number of fused-ring (bicyclic) bond motifs is 1. The zero-order valence-electron chi connectivity index (χ0n) is 15.4. The third-order valence-electron chi connectivity index (χ3n) is 5.16. The van der Waals surface area contributed by atoms with Crippen LogP contribution in [0.3, 0.4) is 0 Å². The van der Waals surface area contributed by atoms with Gasteiger partial charge in [-0.1, -0.05) is 24.3 Å². The van der Waals surface area contributed by atoms with E-state index in [-0.39, 0.29) is 29.3 Å². The first-order valence-electron chi connectivity index (χ1n) is 9.28. The summed E-state index contributed by atoms with van der Waals surface area (Å²) >= 11 is 0. The maximum Gasteiger partial charge on any atom is 0.264 e. The SMILES string of the molecule is Cl.O=C(N[C@H]1CCCNC1)c1cccc(S(=O)(=O)N2CCc3ccccc32)c1. The Morgan fingerprint density at radius 1 is 1.14 bits per heavy atom. The first-order chi connectivity index (χ1) is 13.1. The molecule has 1 saturated heterocycles. The lowest BCUT2D eigenvalue weighted by Gasteiger charge is -2.24. The minimum Gasteiger partial charge on any atom is -0.348 e. The summed E-state index contributed by atoms with van der Waals surface area (Å²) in [5, 5.41) is 6.25. The van der Waals surface area contributed by atoms with E-state index >= 15 is 0 Å². The molecule has 0 bridgehead atoms. The van der Waals surface area contributed by atoms with E-state index in [1.807, 2.05) is 24.3 Å². The van der Waals surface area contributed by atoms with Crippen molar-refractivity contribution in [3.63, 3.8) is 0 Å². The summed E-state index contributed by atoms with van der Waals surface area (Å²) in [6, 6.07) is 13.9. The molecule has 150 valence electrons. The number of nitrogens with one attached hydrogen (secondary N) is 2. The third kappa shape index (κ3) is 4.01. The van der Waals surface area contributed by atoms with Gasteiger partial charge in [-0.05, 0) is 55.6 Å². The molecule has 2 aliphatic rings. The largest absolute Gasteiger partial charge is 0.348 e. The normalized spacial score (nSPS) is 18.9. The van der Waals surface area contributed by atoms with Crippen molar-refractivity contribution in [1.29, 1.82) is 0 Å². The second-order valence-corrected chi connectivity index (χ2v) is 8.86. The Balaban J connectivity index is 0.00000225. The first kappa shape index (κ1) is 20.6. The second kappa shape index (κ2) is 8.51. The van der Waals surface area contributed by atoms with Gasteiger partial charge in [0.25, 0.3) is 15.9 Å². The number of benzene rings is 2. The Labute approximate surface area is 171 Å². The van der Waals surface area contributed by atoms with Gasteiger partial charge in [-0.15, -0.1) is 12.4 Å². The zero-order valence-corrected chi connectivity index (χ0v) is 17.1. The maximum absolute atomic E-state index is 13.1.